The lowest BCUT2D eigenvalue weighted by atomic mass is 10.1. The Morgan fingerprint density at radius 3 is 2.09 bits per heavy atom. The van der Waals surface area contributed by atoms with Crippen molar-refractivity contribution in [3.05, 3.63) is 65.2 Å². The van der Waals surface area contributed by atoms with E-state index in [4.69, 9.17) is 17.3 Å². The van der Waals surface area contributed by atoms with Gasteiger partial charge in [0.05, 0.1) is 5.56 Å². The number of anilines is 1. The fourth-order valence-corrected chi connectivity index (χ4v) is 2.14. The Balaban J connectivity index is 1.95. The summed E-state index contributed by atoms with van der Waals surface area (Å²) >= 11 is 5.09. The number of aryl methyl sites for hydroxylation is 1. The number of carboxylic acids is 1. The molecular weight excluding hydrogens is 312 g/mol. The lowest BCUT2D eigenvalue weighted by Crippen LogP contribution is -2.34. The lowest BCUT2D eigenvalue weighted by Gasteiger charge is -2.10. The molecule has 5 nitrogen and oxygen atoms in total. The maximum absolute atomic E-state index is 12.1. The number of nitrogens with one attached hydrogen (secondary N) is 2. The second-order valence-corrected chi connectivity index (χ2v) is 5.25. The van der Waals surface area contributed by atoms with Crippen molar-refractivity contribution in [2.45, 2.75) is 13.3 Å². The summed E-state index contributed by atoms with van der Waals surface area (Å²) in [5.41, 5.74) is 2.46. The van der Waals surface area contributed by atoms with E-state index in [1.165, 1.54) is 12.1 Å². The molecule has 0 radical (unpaired) electrons. The van der Waals surface area contributed by atoms with Gasteiger partial charge in [-0.15, -0.1) is 0 Å². The summed E-state index contributed by atoms with van der Waals surface area (Å²) in [6, 6.07) is 13.4. The van der Waals surface area contributed by atoms with Crippen LogP contribution in [-0.2, 0) is 6.42 Å². The summed E-state index contributed by atoms with van der Waals surface area (Å²) in [6.45, 7) is 2.05. The molecule has 118 valence electrons. The lowest BCUT2D eigenvalue weighted by molar-refractivity contribution is 0.0696. The molecule has 0 unspecified atom stereocenters. The first-order chi connectivity index (χ1) is 11.0. The number of aromatic carboxylic acids is 1. The van der Waals surface area contributed by atoms with E-state index >= 15 is 0 Å². The maximum Gasteiger partial charge on any atom is 0.335 e. The van der Waals surface area contributed by atoms with Crippen molar-refractivity contribution in [2.24, 2.45) is 0 Å². The number of hydrogen-bond donors (Lipinski definition) is 3. The monoisotopic (exact) mass is 328 g/mol. The number of thiocarbonyl (C=S) groups is 1. The van der Waals surface area contributed by atoms with Gasteiger partial charge in [-0.2, -0.15) is 0 Å². The SMILES string of the molecule is CCc1ccc(C(=O)NC(=S)Nc2ccc(C(=O)O)cc2)cc1. The van der Waals surface area contributed by atoms with Gasteiger partial charge in [-0.25, -0.2) is 4.79 Å². The summed E-state index contributed by atoms with van der Waals surface area (Å²) in [7, 11) is 0. The highest BCUT2D eigenvalue weighted by atomic mass is 32.1. The van der Waals surface area contributed by atoms with Gasteiger partial charge in [-0.1, -0.05) is 19.1 Å². The molecule has 0 atom stereocenters. The van der Waals surface area contributed by atoms with Gasteiger partial charge < -0.3 is 10.4 Å². The average Bonchev–Trinajstić information content (AvgIpc) is 2.55. The smallest absolute Gasteiger partial charge is 0.335 e. The Labute approximate surface area is 139 Å². The van der Waals surface area contributed by atoms with Crippen LogP contribution < -0.4 is 10.6 Å². The van der Waals surface area contributed by atoms with E-state index in [9.17, 15) is 9.59 Å². The summed E-state index contributed by atoms with van der Waals surface area (Å²) in [4.78, 5) is 22.9. The number of amides is 1. The molecule has 0 spiro atoms. The minimum absolute atomic E-state index is 0.151. The molecule has 23 heavy (non-hydrogen) atoms. The van der Waals surface area contributed by atoms with Crippen LogP contribution in [0, 0.1) is 0 Å². The Bertz CT molecular complexity index is 725. The zero-order valence-corrected chi connectivity index (χ0v) is 13.3. The van der Waals surface area contributed by atoms with E-state index in [0.29, 0.717) is 11.3 Å². The highest BCUT2D eigenvalue weighted by molar-refractivity contribution is 7.80. The number of benzene rings is 2. The van der Waals surface area contributed by atoms with Crippen molar-refractivity contribution in [3.8, 4) is 0 Å². The van der Waals surface area contributed by atoms with Crippen LogP contribution in [0.5, 0.6) is 0 Å². The van der Waals surface area contributed by atoms with Gasteiger partial charge in [0.2, 0.25) is 0 Å². The van der Waals surface area contributed by atoms with E-state index in [1.54, 1.807) is 24.3 Å². The van der Waals surface area contributed by atoms with Crippen molar-refractivity contribution in [1.82, 2.24) is 5.32 Å². The maximum atomic E-state index is 12.1. The van der Waals surface area contributed by atoms with E-state index in [2.05, 4.69) is 10.6 Å². The Kier molecular flexibility index (Phi) is 5.43. The van der Waals surface area contributed by atoms with Gasteiger partial charge in [0.15, 0.2) is 5.11 Å². The summed E-state index contributed by atoms with van der Waals surface area (Å²) in [5.74, 6) is -1.30. The largest absolute Gasteiger partial charge is 0.478 e. The normalized spacial score (nSPS) is 9.96. The summed E-state index contributed by atoms with van der Waals surface area (Å²) in [6.07, 6.45) is 0.911. The molecule has 0 aliphatic carbocycles. The summed E-state index contributed by atoms with van der Waals surface area (Å²) in [5, 5.41) is 14.4. The van der Waals surface area contributed by atoms with Crippen LogP contribution >= 0.6 is 12.2 Å². The first-order valence-corrected chi connectivity index (χ1v) is 7.45. The molecule has 1 amide bonds. The zero-order valence-electron chi connectivity index (χ0n) is 12.5. The van der Waals surface area contributed by atoms with E-state index in [0.717, 1.165) is 12.0 Å². The molecule has 2 rings (SSSR count). The molecule has 0 saturated carbocycles. The molecule has 0 aliphatic heterocycles. The fraction of sp³-hybridized carbons (Fsp3) is 0.118. The molecule has 6 heteroatoms. The Morgan fingerprint density at radius 1 is 1.00 bits per heavy atom. The average molecular weight is 328 g/mol. The topological polar surface area (TPSA) is 78.4 Å². The number of hydrogen-bond acceptors (Lipinski definition) is 3. The first-order valence-electron chi connectivity index (χ1n) is 7.04. The van der Waals surface area contributed by atoms with Crippen molar-refractivity contribution in [3.63, 3.8) is 0 Å². The van der Waals surface area contributed by atoms with Crippen LogP contribution in [-0.4, -0.2) is 22.1 Å². The third kappa shape index (κ3) is 4.62. The molecule has 3 N–H and O–H groups in total. The van der Waals surface area contributed by atoms with E-state index in [1.807, 2.05) is 19.1 Å². The second-order valence-electron chi connectivity index (χ2n) is 4.84. The quantitative estimate of drug-likeness (QED) is 0.752. The van der Waals surface area contributed by atoms with Crippen LogP contribution in [0.25, 0.3) is 0 Å². The number of rotatable bonds is 4. The highest BCUT2D eigenvalue weighted by Crippen LogP contribution is 2.10. The zero-order chi connectivity index (χ0) is 16.8. The van der Waals surface area contributed by atoms with Crippen LogP contribution in [0.3, 0.4) is 0 Å². The Morgan fingerprint density at radius 2 is 1.57 bits per heavy atom. The van der Waals surface area contributed by atoms with Gasteiger partial charge in [0.25, 0.3) is 5.91 Å². The molecule has 0 aromatic heterocycles. The van der Waals surface area contributed by atoms with Gasteiger partial charge in [0, 0.05) is 11.3 Å². The highest BCUT2D eigenvalue weighted by Gasteiger charge is 2.08. The molecule has 0 fully saturated rings. The van der Waals surface area contributed by atoms with Crippen LogP contribution in [0.4, 0.5) is 5.69 Å². The minimum Gasteiger partial charge on any atom is -0.478 e. The van der Waals surface area contributed by atoms with Gasteiger partial charge in [-0.05, 0) is 60.6 Å². The predicted molar refractivity (Wildman–Crippen MR) is 92.9 cm³/mol. The standard InChI is InChI=1S/C17H16N2O3S/c1-2-11-3-5-12(6-4-11)15(20)19-17(23)18-14-9-7-13(8-10-14)16(21)22/h3-10H,2H2,1H3,(H,21,22)(H2,18,19,20,23). The van der Waals surface area contributed by atoms with E-state index in [-0.39, 0.29) is 16.6 Å². The van der Waals surface area contributed by atoms with Crippen LogP contribution in [0.15, 0.2) is 48.5 Å². The van der Waals surface area contributed by atoms with Crippen molar-refractivity contribution in [2.75, 3.05) is 5.32 Å². The first kappa shape index (κ1) is 16.6. The van der Waals surface area contributed by atoms with E-state index < -0.39 is 5.97 Å². The van der Waals surface area contributed by atoms with Crippen molar-refractivity contribution in [1.29, 1.82) is 0 Å². The second kappa shape index (κ2) is 7.51. The van der Waals surface area contributed by atoms with Crippen molar-refractivity contribution >= 4 is 34.9 Å². The van der Waals surface area contributed by atoms with Gasteiger partial charge in [-0.3, -0.25) is 10.1 Å². The number of carboxylic acid groups (broad SMARTS) is 1. The number of carbonyl (C=O) groups excluding carboxylic acids is 1. The minimum atomic E-state index is -0.997. The molecular formula is C17H16N2O3S. The van der Waals surface area contributed by atoms with Crippen molar-refractivity contribution < 1.29 is 14.7 Å². The molecule has 0 aliphatic rings. The molecule has 2 aromatic rings. The predicted octanol–water partition coefficient (Wildman–Crippen LogP) is 3.07. The third-order valence-corrected chi connectivity index (χ3v) is 3.45. The number of carbonyl (C=O) groups is 2. The van der Waals surface area contributed by atoms with Gasteiger partial charge >= 0.3 is 5.97 Å². The molecule has 2 aromatic carbocycles. The molecule has 0 saturated heterocycles. The molecule has 0 bridgehead atoms. The van der Waals surface area contributed by atoms with Gasteiger partial charge in [0.1, 0.15) is 0 Å². The summed E-state index contributed by atoms with van der Waals surface area (Å²) < 4.78 is 0. The fourth-order valence-electron chi connectivity index (χ4n) is 1.93. The third-order valence-electron chi connectivity index (χ3n) is 3.24. The van der Waals surface area contributed by atoms with Crippen LogP contribution in [0.2, 0.25) is 0 Å². The van der Waals surface area contributed by atoms with Crippen LogP contribution in [0.1, 0.15) is 33.2 Å². The Hall–Kier alpha value is -2.73. The molecule has 0 heterocycles.